The molecule has 0 radical (unpaired) electrons. The Morgan fingerprint density at radius 2 is 1.55 bits per heavy atom. The molecule has 2 heterocycles. The average Bonchev–Trinajstić information content (AvgIpc) is 2.96. The number of ketones is 1. The van der Waals surface area contributed by atoms with Gasteiger partial charge in [-0.05, 0) is 35.9 Å². The topological polar surface area (TPSA) is 147 Å². The monoisotopic (exact) mass is 540 g/mol. The summed E-state index contributed by atoms with van der Waals surface area (Å²) in [6.45, 7) is 0. The fourth-order valence-corrected chi connectivity index (χ4v) is 4.42. The minimum atomic E-state index is -0.842. The van der Waals surface area contributed by atoms with Crippen LogP contribution in [0.25, 0.3) is 22.3 Å². The molecule has 1 atom stereocenters. The van der Waals surface area contributed by atoms with Crippen LogP contribution >= 0.6 is 0 Å². The molecule has 9 nitrogen and oxygen atoms in total. The molecule has 4 N–H and O–H groups in total. The highest BCUT2D eigenvalue weighted by atomic mass is 16.5. The molecular weight excluding hydrogens is 516 g/mol. The highest BCUT2D eigenvalue weighted by Crippen LogP contribution is 2.38. The predicted octanol–water partition coefficient (Wildman–Crippen LogP) is 5.68. The first kappa shape index (κ1) is 26.2. The third-order valence-corrected chi connectivity index (χ3v) is 6.38. The number of phenolic OH excluding ortho intramolecular Hbond substituents is 3. The zero-order valence-electron chi connectivity index (χ0n) is 21.2. The van der Waals surface area contributed by atoms with E-state index < -0.39 is 16.9 Å². The molecule has 0 spiro atoms. The van der Waals surface area contributed by atoms with Crippen LogP contribution in [0.3, 0.4) is 0 Å². The maximum atomic E-state index is 12.2. The maximum absolute atomic E-state index is 12.2. The SMILES string of the molecule is COc1cc(-c2oc3cc(O)cc(O)c3c(=O)c2O)ccc1O.O=C1CC(c2ccccc2)Oc2ccccc21. The molecule has 9 heteroatoms. The molecule has 1 aliphatic heterocycles. The molecule has 5 aromatic rings. The van der Waals surface area contributed by atoms with Gasteiger partial charge in [0.1, 0.15) is 34.3 Å². The molecule has 0 amide bonds. The van der Waals surface area contributed by atoms with Gasteiger partial charge < -0.3 is 34.3 Å². The van der Waals surface area contributed by atoms with E-state index in [4.69, 9.17) is 13.9 Å². The second kappa shape index (κ2) is 10.7. The smallest absolute Gasteiger partial charge is 0.238 e. The highest BCUT2D eigenvalue weighted by Gasteiger charge is 2.27. The fourth-order valence-electron chi connectivity index (χ4n) is 4.42. The summed E-state index contributed by atoms with van der Waals surface area (Å²) in [6, 6.07) is 23.5. The van der Waals surface area contributed by atoms with Gasteiger partial charge in [-0.25, -0.2) is 0 Å². The number of carbonyl (C=O) groups is 1. The van der Waals surface area contributed by atoms with Crippen LogP contribution in [0, 0.1) is 0 Å². The summed E-state index contributed by atoms with van der Waals surface area (Å²) >= 11 is 0. The van der Waals surface area contributed by atoms with Crippen molar-refractivity contribution in [2.45, 2.75) is 12.5 Å². The average molecular weight is 541 g/mol. The van der Waals surface area contributed by atoms with Crippen LogP contribution in [0.15, 0.2) is 94.1 Å². The molecule has 0 saturated carbocycles. The normalized spacial score (nSPS) is 14.0. The van der Waals surface area contributed by atoms with Crippen LogP contribution in [0.5, 0.6) is 34.5 Å². The van der Waals surface area contributed by atoms with E-state index in [1.807, 2.05) is 54.6 Å². The van der Waals surface area contributed by atoms with Gasteiger partial charge in [0.2, 0.25) is 11.2 Å². The van der Waals surface area contributed by atoms with Crippen molar-refractivity contribution in [1.29, 1.82) is 0 Å². The number of carbonyl (C=O) groups excluding carboxylic acids is 1. The quantitative estimate of drug-likeness (QED) is 0.227. The molecule has 40 heavy (non-hydrogen) atoms. The van der Waals surface area contributed by atoms with Gasteiger partial charge in [0.25, 0.3) is 0 Å². The number of benzene rings is 4. The number of aromatic hydroxyl groups is 4. The Kier molecular flexibility index (Phi) is 7.03. The summed E-state index contributed by atoms with van der Waals surface area (Å²) in [5.41, 5.74) is 1.09. The van der Waals surface area contributed by atoms with Crippen LogP contribution in [0.1, 0.15) is 28.4 Å². The standard InChI is InChI=1S/C16H12O7.C15H12O2/c1-22-11-4-7(2-3-9(11)18)16-15(21)14(20)13-10(19)5-8(17)6-12(13)23-16;16-13-10-15(11-6-2-1-3-7-11)17-14-9-5-4-8-12(13)14/h2-6,17-19,21H,1H3;1-9,15H,10H2. The molecule has 0 saturated heterocycles. The van der Waals surface area contributed by atoms with Crippen molar-refractivity contribution < 1.29 is 39.1 Å². The van der Waals surface area contributed by atoms with Crippen molar-refractivity contribution in [3.8, 4) is 45.8 Å². The van der Waals surface area contributed by atoms with Crippen LogP contribution in [0.4, 0.5) is 0 Å². The van der Waals surface area contributed by atoms with Crippen LogP contribution in [-0.4, -0.2) is 33.3 Å². The van der Waals surface area contributed by atoms with Crippen LogP contribution < -0.4 is 14.9 Å². The van der Waals surface area contributed by atoms with E-state index in [1.54, 1.807) is 0 Å². The number of Topliss-reactive ketones (excluding diaryl/α,β-unsaturated/α-hetero) is 1. The van der Waals surface area contributed by atoms with Gasteiger partial charge in [0.05, 0.1) is 19.1 Å². The minimum absolute atomic E-state index is 0.0904. The summed E-state index contributed by atoms with van der Waals surface area (Å²) in [5.74, 6) is -0.815. The molecule has 1 unspecified atom stereocenters. The second-order valence-electron chi connectivity index (χ2n) is 8.97. The van der Waals surface area contributed by atoms with Gasteiger partial charge in [-0.3, -0.25) is 9.59 Å². The van der Waals surface area contributed by atoms with E-state index in [0.717, 1.165) is 17.7 Å². The molecule has 4 aromatic carbocycles. The summed E-state index contributed by atoms with van der Waals surface area (Å²) in [5, 5.41) is 38.7. The van der Waals surface area contributed by atoms with E-state index in [1.165, 1.54) is 25.3 Å². The van der Waals surface area contributed by atoms with Crippen molar-refractivity contribution >= 4 is 16.8 Å². The molecule has 1 aromatic heterocycles. The molecule has 1 aliphatic rings. The van der Waals surface area contributed by atoms with Crippen molar-refractivity contribution in [3.05, 3.63) is 106 Å². The lowest BCUT2D eigenvalue weighted by Gasteiger charge is -2.25. The number of phenols is 3. The summed E-state index contributed by atoms with van der Waals surface area (Å²) in [7, 11) is 1.35. The second-order valence-corrected chi connectivity index (χ2v) is 8.97. The Bertz CT molecular complexity index is 1770. The summed E-state index contributed by atoms with van der Waals surface area (Å²) in [6.07, 6.45) is 0.264. The predicted molar refractivity (Wildman–Crippen MR) is 146 cm³/mol. The Hall–Kier alpha value is -5.44. The maximum Gasteiger partial charge on any atom is 0.238 e. The molecule has 202 valence electrons. The Labute approximate surface area is 227 Å². The number of ether oxygens (including phenoxy) is 2. The van der Waals surface area contributed by atoms with E-state index in [9.17, 15) is 30.0 Å². The van der Waals surface area contributed by atoms with E-state index >= 15 is 0 Å². The zero-order valence-corrected chi connectivity index (χ0v) is 21.2. The number of para-hydroxylation sites is 1. The zero-order chi connectivity index (χ0) is 28.4. The molecule has 0 aliphatic carbocycles. The van der Waals surface area contributed by atoms with Crippen molar-refractivity contribution in [2.24, 2.45) is 0 Å². The minimum Gasteiger partial charge on any atom is -0.508 e. The van der Waals surface area contributed by atoms with Gasteiger partial charge in [0, 0.05) is 17.7 Å². The Morgan fingerprint density at radius 3 is 2.30 bits per heavy atom. The fraction of sp³-hybridized carbons (Fsp3) is 0.0968. The third kappa shape index (κ3) is 5.00. The van der Waals surface area contributed by atoms with Crippen LogP contribution in [-0.2, 0) is 0 Å². The van der Waals surface area contributed by atoms with Gasteiger partial charge >= 0.3 is 0 Å². The largest absolute Gasteiger partial charge is 0.508 e. The molecule has 0 bridgehead atoms. The van der Waals surface area contributed by atoms with Crippen molar-refractivity contribution in [2.75, 3.05) is 7.11 Å². The summed E-state index contributed by atoms with van der Waals surface area (Å²) in [4.78, 5) is 24.2. The highest BCUT2D eigenvalue weighted by molar-refractivity contribution is 6.00. The third-order valence-electron chi connectivity index (χ3n) is 6.38. The van der Waals surface area contributed by atoms with Gasteiger partial charge in [-0.15, -0.1) is 0 Å². The van der Waals surface area contributed by atoms with Gasteiger partial charge in [-0.1, -0.05) is 42.5 Å². The molecule has 6 rings (SSSR count). The first-order valence-corrected chi connectivity index (χ1v) is 12.2. The van der Waals surface area contributed by atoms with Crippen molar-refractivity contribution in [3.63, 3.8) is 0 Å². The lowest BCUT2D eigenvalue weighted by molar-refractivity contribution is 0.0850. The first-order valence-electron chi connectivity index (χ1n) is 12.2. The number of rotatable bonds is 3. The number of fused-ring (bicyclic) bond motifs is 2. The number of hydrogen-bond acceptors (Lipinski definition) is 9. The van der Waals surface area contributed by atoms with E-state index in [-0.39, 0.29) is 51.4 Å². The number of hydrogen-bond donors (Lipinski definition) is 4. The van der Waals surface area contributed by atoms with Crippen molar-refractivity contribution in [1.82, 2.24) is 0 Å². The lowest BCUT2D eigenvalue weighted by Crippen LogP contribution is -2.20. The Morgan fingerprint density at radius 1 is 0.825 bits per heavy atom. The molecule has 0 fully saturated rings. The van der Waals surface area contributed by atoms with E-state index in [2.05, 4.69) is 0 Å². The summed E-state index contributed by atoms with van der Waals surface area (Å²) < 4.78 is 16.3. The molecular formula is C31H24O9. The lowest BCUT2D eigenvalue weighted by atomic mass is 9.96. The number of methoxy groups -OCH3 is 1. The van der Waals surface area contributed by atoms with Crippen LogP contribution in [0.2, 0.25) is 0 Å². The first-order chi connectivity index (χ1) is 19.3. The Balaban J connectivity index is 0.000000168. The van der Waals surface area contributed by atoms with E-state index in [0.29, 0.717) is 17.7 Å². The van der Waals surface area contributed by atoms with Gasteiger partial charge in [0.15, 0.2) is 23.0 Å². The van der Waals surface area contributed by atoms with Gasteiger partial charge in [-0.2, -0.15) is 0 Å².